The maximum Gasteiger partial charge on any atom is 0.162 e. The highest BCUT2D eigenvalue weighted by molar-refractivity contribution is 7.09. The van der Waals surface area contributed by atoms with Crippen molar-refractivity contribution in [2.75, 3.05) is 7.05 Å². The molecule has 1 atom stereocenters. The van der Waals surface area contributed by atoms with Gasteiger partial charge in [0, 0.05) is 41.6 Å². The standard InChI is InChI=1S/C19H19N5S/c1-14(19-20-8-9-25-19)23(2)12-15-10-21-18-17(11-22-24(18)13-15)16-6-4-3-5-7-16/h3-11,13-14H,12H2,1-2H3/t14-/m0/s1. The van der Waals surface area contributed by atoms with Crippen LogP contribution in [0.25, 0.3) is 16.8 Å². The molecule has 0 aliphatic carbocycles. The van der Waals surface area contributed by atoms with E-state index < -0.39 is 0 Å². The molecule has 4 aromatic rings. The van der Waals surface area contributed by atoms with Crippen LogP contribution in [0.3, 0.4) is 0 Å². The van der Waals surface area contributed by atoms with Crippen molar-refractivity contribution < 1.29 is 0 Å². The molecule has 3 heterocycles. The summed E-state index contributed by atoms with van der Waals surface area (Å²) in [5.74, 6) is 0. The molecule has 0 fully saturated rings. The second kappa shape index (κ2) is 6.74. The highest BCUT2D eigenvalue weighted by Gasteiger charge is 2.15. The molecule has 0 N–H and O–H groups in total. The van der Waals surface area contributed by atoms with Crippen molar-refractivity contribution in [3.05, 3.63) is 71.1 Å². The highest BCUT2D eigenvalue weighted by atomic mass is 32.1. The molecule has 3 aromatic heterocycles. The first-order chi connectivity index (χ1) is 12.2. The Morgan fingerprint density at radius 2 is 2.00 bits per heavy atom. The zero-order valence-corrected chi connectivity index (χ0v) is 15.0. The molecule has 0 unspecified atom stereocenters. The molecule has 0 saturated carbocycles. The van der Waals surface area contributed by atoms with Gasteiger partial charge in [-0.15, -0.1) is 11.3 Å². The van der Waals surface area contributed by atoms with Crippen LogP contribution in [0.5, 0.6) is 0 Å². The minimum absolute atomic E-state index is 0.271. The zero-order chi connectivity index (χ0) is 17.2. The van der Waals surface area contributed by atoms with Crippen LogP contribution in [-0.2, 0) is 6.54 Å². The molecule has 0 bridgehead atoms. The molecular formula is C19H19N5S. The lowest BCUT2D eigenvalue weighted by molar-refractivity contribution is 0.252. The number of aromatic nitrogens is 4. The molecule has 25 heavy (non-hydrogen) atoms. The molecule has 0 spiro atoms. The van der Waals surface area contributed by atoms with Gasteiger partial charge in [0.05, 0.1) is 12.2 Å². The number of rotatable bonds is 5. The van der Waals surface area contributed by atoms with Gasteiger partial charge in [-0.1, -0.05) is 30.3 Å². The van der Waals surface area contributed by atoms with E-state index in [1.807, 2.05) is 46.7 Å². The Labute approximate surface area is 150 Å². The summed E-state index contributed by atoms with van der Waals surface area (Å²) in [6.07, 6.45) is 7.73. The van der Waals surface area contributed by atoms with Crippen molar-refractivity contribution in [2.24, 2.45) is 0 Å². The maximum atomic E-state index is 4.65. The molecule has 6 heteroatoms. The van der Waals surface area contributed by atoms with E-state index >= 15 is 0 Å². The predicted molar refractivity (Wildman–Crippen MR) is 100 cm³/mol. The Balaban J connectivity index is 1.58. The summed E-state index contributed by atoms with van der Waals surface area (Å²) in [5, 5.41) is 7.63. The minimum Gasteiger partial charge on any atom is -0.293 e. The summed E-state index contributed by atoms with van der Waals surface area (Å²) in [4.78, 5) is 11.3. The normalized spacial score (nSPS) is 12.8. The number of benzene rings is 1. The molecule has 0 aliphatic heterocycles. The van der Waals surface area contributed by atoms with Gasteiger partial charge < -0.3 is 0 Å². The van der Waals surface area contributed by atoms with E-state index in [9.17, 15) is 0 Å². The maximum absolute atomic E-state index is 4.65. The lowest BCUT2D eigenvalue weighted by Gasteiger charge is -2.22. The van der Waals surface area contributed by atoms with Crippen LogP contribution in [0.1, 0.15) is 23.5 Å². The molecule has 126 valence electrons. The summed E-state index contributed by atoms with van der Waals surface area (Å²) in [6, 6.07) is 10.5. The van der Waals surface area contributed by atoms with Crippen molar-refractivity contribution in [2.45, 2.75) is 19.5 Å². The van der Waals surface area contributed by atoms with Crippen molar-refractivity contribution in [1.82, 2.24) is 24.5 Å². The van der Waals surface area contributed by atoms with E-state index in [4.69, 9.17) is 0 Å². The van der Waals surface area contributed by atoms with Crippen LogP contribution < -0.4 is 0 Å². The summed E-state index contributed by atoms with van der Waals surface area (Å²) in [6.45, 7) is 2.97. The number of thiazole rings is 1. The third kappa shape index (κ3) is 3.18. The van der Waals surface area contributed by atoms with Crippen LogP contribution in [-0.4, -0.2) is 31.5 Å². The molecule has 0 radical (unpaired) electrons. The van der Waals surface area contributed by atoms with Crippen LogP contribution in [0, 0.1) is 0 Å². The van der Waals surface area contributed by atoms with Gasteiger partial charge in [0.25, 0.3) is 0 Å². The van der Waals surface area contributed by atoms with Crippen molar-refractivity contribution in [3.63, 3.8) is 0 Å². The van der Waals surface area contributed by atoms with Gasteiger partial charge in [-0.05, 0) is 19.5 Å². The second-order valence-corrected chi connectivity index (χ2v) is 7.04. The summed E-state index contributed by atoms with van der Waals surface area (Å²) in [7, 11) is 2.11. The van der Waals surface area contributed by atoms with Gasteiger partial charge in [0.2, 0.25) is 0 Å². The van der Waals surface area contributed by atoms with Crippen LogP contribution >= 0.6 is 11.3 Å². The fraction of sp³-hybridized carbons (Fsp3) is 0.211. The van der Waals surface area contributed by atoms with Gasteiger partial charge >= 0.3 is 0 Å². The van der Waals surface area contributed by atoms with Crippen molar-refractivity contribution >= 4 is 17.0 Å². The van der Waals surface area contributed by atoms with Gasteiger partial charge in [-0.25, -0.2) is 14.5 Å². The van der Waals surface area contributed by atoms with Crippen LogP contribution in [0.15, 0.2) is 60.5 Å². The predicted octanol–water partition coefficient (Wildman–Crippen LogP) is 4.05. The van der Waals surface area contributed by atoms with Gasteiger partial charge in [-0.2, -0.15) is 5.10 Å². The lowest BCUT2D eigenvalue weighted by atomic mass is 10.1. The van der Waals surface area contributed by atoms with E-state index in [0.29, 0.717) is 0 Å². The van der Waals surface area contributed by atoms with Gasteiger partial charge in [0.1, 0.15) is 5.01 Å². The minimum atomic E-state index is 0.271. The molecule has 0 amide bonds. The average molecular weight is 349 g/mol. The quantitative estimate of drug-likeness (QED) is 0.545. The van der Waals surface area contributed by atoms with E-state index in [0.717, 1.165) is 33.9 Å². The average Bonchev–Trinajstić information content (AvgIpc) is 3.31. The summed E-state index contributed by atoms with van der Waals surface area (Å²) in [5.41, 5.74) is 4.19. The largest absolute Gasteiger partial charge is 0.293 e. The van der Waals surface area contributed by atoms with E-state index in [-0.39, 0.29) is 6.04 Å². The Hall–Kier alpha value is -2.57. The van der Waals surface area contributed by atoms with Crippen LogP contribution in [0.4, 0.5) is 0 Å². The molecule has 4 rings (SSSR count). The Morgan fingerprint density at radius 1 is 1.16 bits per heavy atom. The van der Waals surface area contributed by atoms with Crippen molar-refractivity contribution in [1.29, 1.82) is 0 Å². The molecule has 1 aromatic carbocycles. The summed E-state index contributed by atoms with van der Waals surface area (Å²) >= 11 is 1.69. The lowest BCUT2D eigenvalue weighted by Crippen LogP contribution is -2.22. The first-order valence-electron chi connectivity index (χ1n) is 8.19. The molecular weight excluding hydrogens is 330 g/mol. The first kappa shape index (κ1) is 15.9. The third-order valence-electron chi connectivity index (χ3n) is 4.40. The SMILES string of the molecule is C[C@@H](c1nccs1)N(C)Cc1cnc2c(-c3ccccc3)cnn2c1. The van der Waals surface area contributed by atoms with E-state index in [1.54, 1.807) is 11.3 Å². The second-order valence-electron chi connectivity index (χ2n) is 6.12. The van der Waals surface area contributed by atoms with Gasteiger partial charge in [-0.3, -0.25) is 4.90 Å². The zero-order valence-electron chi connectivity index (χ0n) is 14.2. The highest BCUT2D eigenvalue weighted by Crippen LogP contribution is 2.24. The van der Waals surface area contributed by atoms with Crippen molar-refractivity contribution in [3.8, 4) is 11.1 Å². The number of hydrogen-bond donors (Lipinski definition) is 0. The molecule has 0 aliphatic rings. The Kier molecular flexibility index (Phi) is 4.29. The smallest absolute Gasteiger partial charge is 0.162 e. The number of nitrogens with zero attached hydrogens (tertiary/aromatic N) is 5. The topological polar surface area (TPSA) is 46.3 Å². The number of fused-ring (bicyclic) bond motifs is 1. The fourth-order valence-corrected chi connectivity index (χ4v) is 3.63. The van der Waals surface area contributed by atoms with E-state index in [2.05, 4.69) is 52.3 Å². The molecule has 5 nitrogen and oxygen atoms in total. The van der Waals surface area contributed by atoms with E-state index in [1.165, 1.54) is 0 Å². The molecule has 0 saturated heterocycles. The first-order valence-corrected chi connectivity index (χ1v) is 9.07. The van der Waals surface area contributed by atoms with Gasteiger partial charge in [0.15, 0.2) is 5.65 Å². The Bertz CT molecular complexity index is 962. The monoisotopic (exact) mass is 349 g/mol. The third-order valence-corrected chi connectivity index (χ3v) is 5.34. The fourth-order valence-electron chi connectivity index (χ4n) is 2.87. The Morgan fingerprint density at radius 3 is 2.76 bits per heavy atom. The van der Waals surface area contributed by atoms with Crippen LogP contribution in [0.2, 0.25) is 0 Å². The summed E-state index contributed by atoms with van der Waals surface area (Å²) < 4.78 is 1.86. The number of hydrogen-bond acceptors (Lipinski definition) is 5.